The summed E-state index contributed by atoms with van der Waals surface area (Å²) in [5.41, 5.74) is 1.71. The van der Waals surface area contributed by atoms with Gasteiger partial charge in [-0.05, 0) is 32.4 Å². The average molecular weight is 477 g/mol. The molecule has 4 rings (SSSR count). The number of aromatic nitrogens is 4. The minimum Gasteiger partial charge on any atom is -0.371 e. The second kappa shape index (κ2) is 8.65. The topological polar surface area (TPSA) is 151 Å². The fourth-order valence-corrected chi connectivity index (χ4v) is 5.15. The lowest BCUT2D eigenvalue weighted by molar-refractivity contribution is -0.384. The van der Waals surface area contributed by atoms with Crippen LogP contribution in [0.5, 0.6) is 5.75 Å². The lowest BCUT2D eigenvalue weighted by Gasteiger charge is -2.23. The molecule has 176 valence electrons. The molecule has 0 amide bonds. The van der Waals surface area contributed by atoms with Gasteiger partial charge in [-0.25, -0.2) is 15.0 Å². The highest BCUT2D eigenvalue weighted by atomic mass is 32.2. The molecule has 0 bridgehead atoms. The summed E-state index contributed by atoms with van der Waals surface area (Å²) in [5.74, 6) is 0.338. The SMILES string of the molecule is CC[C@H]1O[C@@H](n2cnc3c(C)nc(C)nc32)C(NS(=O)(=O)Oc2ccc([N+](=O)[O-])cc2)[C@H]1C. The maximum Gasteiger partial charge on any atom is 0.383 e. The molecular formula is C20H24N6O6S. The lowest BCUT2D eigenvalue weighted by Crippen LogP contribution is -2.44. The number of nitrogens with one attached hydrogen (secondary N) is 1. The molecule has 1 aliphatic rings. The van der Waals surface area contributed by atoms with Gasteiger partial charge in [0.25, 0.3) is 5.69 Å². The quantitative estimate of drug-likeness (QED) is 0.400. The number of rotatable bonds is 7. The molecule has 1 N–H and O–H groups in total. The van der Waals surface area contributed by atoms with Crippen molar-refractivity contribution in [2.45, 2.75) is 52.5 Å². The van der Waals surface area contributed by atoms with Gasteiger partial charge in [0.15, 0.2) is 11.9 Å². The van der Waals surface area contributed by atoms with Crippen molar-refractivity contribution in [3.63, 3.8) is 0 Å². The summed E-state index contributed by atoms with van der Waals surface area (Å²) in [6.45, 7) is 7.47. The molecule has 3 aromatic rings. The number of hydrogen-bond acceptors (Lipinski definition) is 9. The van der Waals surface area contributed by atoms with Crippen molar-refractivity contribution in [1.82, 2.24) is 24.2 Å². The predicted octanol–water partition coefficient (Wildman–Crippen LogP) is 2.58. The van der Waals surface area contributed by atoms with Crippen LogP contribution in [0.1, 0.15) is 38.0 Å². The molecule has 2 aromatic heterocycles. The molecule has 0 radical (unpaired) electrons. The molecule has 1 saturated heterocycles. The summed E-state index contributed by atoms with van der Waals surface area (Å²) < 4.78 is 41.3. The van der Waals surface area contributed by atoms with Crippen molar-refractivity contribution in [1.29, 1.82) is 0 Å². The second-order valence-corrected chi connectivity index (χ2v) is 9.26. The smallest absolute Gasteiger partial charge is 0.371 e. The first-order chi connectivity index (χ1) is 15.6. The van der Waals surface area contributed by atoms with E-state index in [1.54, 1.807) is 17.8 Å². The van der Waals surface area contributed by atoms with Crippen molar-refractivity contribution >= 4 is 27.2 Å². The highest BCUT2D eigenvalue weighted by Crippen LogP contribution is 2.37. The minimum atomic E-state index is -4.28. The molecule has 1 aliphatic heterocycles. The Balaban J connectivity index is 1.63. The number of nitrogens with zero attached hydrogens (tertiary/aromatic N) is 5. The van der Waals surface area contributed by atoms with Crippen LogP contribution in [-0.4, -0.2) is 45.0 Å². The Morgan fingerprint density at radius 3 is 2.58 bits per heavy atom. The number of imidazole rings is 1. The van der Waals surface area contributed by atoms with E-state index in [9.17, 15) is 18.5 Å². The molecule has 3 heterocycles. The van der Waals surface area contributed by atoms with Gasteiger partial charge >= 0.3 is 10.3 Å². The molecule has 1 aromatic carbocycles. The summed E-state index contributed by atoms with van der Waals surface area (Å²) in [6, 6.07) is 4.12. The Morgan fingerprint density at radius 1 is 1.24 bits per heavy atom. The van der Waals surface area contributed by atoms with E-state index in [1.165, 1.54) is 24.3 Å². The average Bonchev–Trinajstić information content (AvgIpc) is 3.29. The zero-order valence-electron chi connectivity index (χ0n) is 18.5. The van der Waals surface area contributed by atoms with Gasteiger partial charge in [0.05, 0.1) is 29.1 Å². The van der Waals surface area contributed by atoms with Gasteiger partial charge in [-0.15, -0.1) is 0 Å². The monoisotopic (exact) mass is 476 g/mol. The van der Waals surface area contributed by atoms with Gasteiger partial charge in [-0.1, -0.05) is 13.8 Å². The first kappa shape index (κ1) is 23.0. The number of nitro groups is 1. The van der Waals surface area contributed by atoms with E-state index in [4.69, 9.17) is 8.92 Å². The number of non-ortho nitro benzene ring substituents is 1. The zero-order chi connectivity index (χ0) is 23.9. The van der Waals surface area contributed by atoms with Gasteiger partial charge in [-0.3, -0.25) is 14.7 Å². The summed E-state index contributed by atoms with van der Waals surface area (Å²) >= 11 is 0. The number of aryl methyl sites for hydroxylation is 2. The lowest BCUT2D eigenvalue weighted by atomic mass is 9.97. The van der Waals surface area contributed by atoms with Gasteiger partial charge in [-0.2, -0.15) is 13.1 Å². The molecule has 0 aliphatic carbocycles. The Hall–Kier alpha value is -3.16. The first-order valence-electron chi connectivity index (χ1n) is 10.4. The number of fused-ring (bicyclic) bond motifs is 1. The fourth-order valence-electron chi connectivity index (χ4n) is 4.07. The van der Waals surface area contributed by atoms with Crippen LogP contribution in [-0.2, 0) is 15.0 Å². The summed E-state index contributed by atoms with van der Waals surface area (Å²) in [6.07, 6.45) is 1.33. The van der Waals surface area contributed by atoms with Crippen molar-refractivity contribution in [3.05, 3.63) is 52.2 Å². The first-order valence-corrected chi connectivity index (χ1v) is 11.8. The standard InChI is InChI=1S/C20H24N6O6S/c1-5-16-11(2)17(24-33(29,30)32-15-8-6-14(7-9-15)26(27)28)20(31-16)25-10-21-18-12(3)22-13(4)23-19(18)25/h6-11,16-17,20,24H,5H2,1-4H3/t11-,16+,17?,20+/m0/s1. The van der Waals surface area contributed by atoms with E-state index in [0.717, 1.165) is 0 Å². The summed E-state index contributed by atoms with van der Waals surface area (Å²) in [5, 5.41) is 10.8. The van der Waals surface area contributed by atoms with E-state index < -0.39 is 27.5 Å². The minimum absolute atomic E-state index is 0.0460. The number of nitro benzene ring substituents is 1. The molecule has 4 atom stereocenters. The van der Waals surface area contributed by atoms with Gasteiger partial charge < -0.3 is 8.92 Å². The Bertz CT molecular complexity index is 1290. The van der Waals surface area contributed by atoms with Crippen LogP contribution in [0.4, 0.5) is 5.69 Å². The third-order valence-corrected chi connectivity index (χ3v) is 6.66. The number of hydrogen-bond donors (Lipinski definition) is 1. The maximum absolute atomic E-state index is 12.8. The van der Waals surface area contributed by atoms with Crippen LogP contribution in [0.25, 0.3) is 11.2 Å². The van der Waals surface area contributed by atoms with Crippen LogP contribution in [0.2, 0.25) is 0 Å². The molecule has 33 heavy (non-hydrogen) atoms. The van der Waals surface area contributed by atoms with Crippen LogP contribution < -0.4 is 8.91 Å². The largest absolute Gasteiger partial charge is 0.383 e. The number of benzene rings is 1. The van der Waals surface area contributed by atoms with Crippen molar-refractivity contribution < 1.29 is 22.3 Å². The Kier molecular flexibility index (Phi) is 6.03. The van der Waals surface area contributed by atoms with Crippen molar-refractivity contribution in [3.8, 4) is 5.75 Å². The molecular weight excluding hydrogens is 452 g/mol. The molecule has 12 nitrogen and oxygen atoms in total. The summed E-state index contributed by atoms with van der Waals surface area (Å²) in [7, 11) is -4.28. The third kappa shape index (κ3) is 4.51. The predicted molar refractivity (Wildman–Crippen MR) is 118 cm³/mol. The molecule has 0 spiro atoms. The molecule has 0 saturated carbocycles. The van der Waals surface area contributed by atoms with Gasteiger partial charge in [0.1, 0.15) is 17.1 Å². The highest BCUT2D eigenvalue weighted by molar-refractivity contribution is 7.85. The van der Waals surface area contributed by atoms with Crippen molar-refractivity contribution in [2.75, 3.05) is 0 Å². The van der Waals surface area contributed by atoms with E-state index in [-0.39, 0.29) is 23.5 Å². The second-order valence-electron chi connectivity index (χ2n) is 7.94. The highest BCUT2D eigenvalue weighted by Gasteiger charge is 2.45. The van der Waals surface area contributed by atoms with Crippen LogP contribution in [0.3, 0.4) is 0 Å². The maximum atomic E-state index is 12.8. The third-order valence-electron chi connectivity index (χ3n) is 5.69. The van der Waals surface area contributed by atoms with E-state index in [1.807, 2.05) is 20.8 Å². The number of ether oxygens (including phenoxy) is 1. The van der Waals surface area contributed by atoms with E-state index in [2.05, 4.69) is 19.7 Å². The van der Waals surface area contributed by atoms with Crippen LogP contribution in [0.15, 0.2) is 30.6 Å². The van der Waals surface area contributed by atoms with Crippen LogP contribution >= 0.6 is 0 Å². The molecule has 13 heteroatoms. The van der Waals surface area contributed by atoms with Gasteiger partial charge in [0.2, 0.25) is 0 Å². The van der Waals surface area contributed by atoms with Crippen LogP contribution in [0, 0.1) is 29.9 Å². The van der Waals surface area contributed by atoms with Crippen molar-refractivity contribution in [2.24, 2.45) is 5.92 Å². The Morgan fingerprint density at radius 2 is 1.94 bits per heavy atom. The summed E-state index contributed by atoms with van der Waals surface area (Å²) in [4.78, 5) is 23.4. The van der Waals surface area contributed by atoms with Gasteiger partial charge in [0, 0.05) is 18.1 Å². The Labute approximate surface area is 190 Å². The fraction of sp³-hybridized carbons (Fsp3) is 0.450. The van der Waals surface area contributed by atoms with E-state index in [0.29, 0.717) is 29.1 Å². The molecule has 1 unspecified atom stereocenters. The molecule has 1 fully saturated rings. The van der Waals surface area contributed by atoms with E-state index >= 15 is 0 Å². The normalized spacial score (nSPS) is 23.2. The zero-order valence-corrected chi connectivity index (χ0v) is 19.3.